The molecule has 1 N–H and O–H groups in total. The predicted octanol–water partition coefficient (Wildman–Crippen LogP) is 4.07. The van der Waals surface area contributed by atoms with E-state index < -0.39 is 10.0 Å². The smallest absolute Gasteiger partial charge is 0.264 e. The zero-order chi connectivity index (χ0) is 19.4. The van der Waals surface area contributed by atoms with Gasteiger partial charge in [0.15, 0.2) is 0 Å². The number of sulfonamides is 1. The van der Waals surface area contributed by atoms with E-state index in [1.54, 1.807) is 12.1 Å². The summed E-state index contributed by atoms with van der Waals surface area (Å²) in [5, 5.41) is 0.273. The maximum atomic E-state index is 12.9. The number of anilines is 1. The van der Waals surface area contributed by atoms with Gasteiger partial charge in [-0.05, 0) is 36.6 Å². The third kappa shape index (κ3) is 4.24. The SMILES string of the molecule is O=S(=O)(Nc1ncns1)c1ccccc1CN1CCCCC1c1ccccc1. The maximum Gasteiger partial charge on any atom is 0.264 e. The number of piperidine rings is 1. The van der Waals surface area contributed by atoms with Gasteiger partial charge in [0.05, 0.1) is 4.90 Å². The Morgan fingerprint density at radius 3 is 2.64 bits per heavy atom. The summed E-state index contributed by atoms with van der Waals surface area (Å²) in [5.41, 5.74) is 2.08. The molecule has 2 heterocycles. The zero-order valence-electron chi connectivity index (χ0n) is 15.4. The highest BCUT2D eigenvalue weighted by molar-refractivity contribution is 7.93. The summed E-state index contributed by atoms with van der Waals surface area (Å²) >= 11 is 1.02. The van der Waals surface area contributed by atoms with E-state index in [2.05, 4.69) is 43.2 Å². The molecular weight excluding hydrogens is 392 g/mol. The molecule has 3 aromatic rings. The summed E-state index contributed by atoms with van der Waals surface area (Å²) in [6, 6.07) is 18.0. The van der Waals surface area contributed by atoms with Crippen LogP contribution in [0.15, 0.2) is 65.8 Å². The summed E-state index contributed by atoms with van der Waals surface area (Å²) in [4.78, 5) is 6.61. The fraction of sp³-hybridized carbons (Fsp3) is 0.300. The summed E-state index contributed by atoms with van der Waals surface area (Å²) in [6.45, 7) is 1.55. The van der Waals surface area contributed by atoms with Crippen molar-refractivity contribution in [2.75, 3.05) is 11.3 Å². The summed E-state index contributed by atoms with van der Waals surface area (Å²) in [6.07, 6.45) is 4.74. The van der Waals surface area contributed by atoms with Crippen LogP contribution in [0, 0.1) is 0 Å². The van der Waals surface area contributed by atoms with E-state index in [1.807, 2.05) is 18.2 Å². The molecule has 0 spiro atoms. The van der Waals surface area contributed by atoms with Gasteiger partial charge in [-0.25, -0.2) is 13.4 Å². The van der Waals surface area contributed by atoms with E-state index >= 15 is 0 Å². The Morgan fingerprint density at radius 1 is 1.07 bits per heavy atom. The highest BCUT2D eigenvalue weighted by Gasteiger charge is 2.26. The molecule has 1 aliphatic rings. The normalized spacial score (nSPS) is 18.1. The number of rotatable bonds is 6. The summed E-state index contributed by atoms with van der Waals surface area (Å²) in [5.74, 6) is 0. The van der Waals surface area contributed by atoms with Gasteiger partial charge in [0.25, 0.3) is 10.0 Å². The fourth-order valence-electron chi connectivity index (χ4n) is 3.74. The number of nitrogens with zero attached hydrogens (tertiary/aromatic N) is 3. The molecule has 0 saturated carbocycles. The first-order chi connectivity index (χ1) is 13.6. The van der Waals surface area contributed by atoms with Crippen LogP contribution in [0.5, 0.6) is 0 Å². The van der Waals surface area contributed by atoms with Crippen LogP contribution in [-0.2, 0) is 16.6 Å². The molecule has 8 heteroatoms. The van der Waals surface area contributed by atoms with Crippen molar-refractivity contribution in [1.29, 1.82) is 0 Å². The van der Waals surface area contributed by atoms with Crippen molar-refractivity contribution in [2.24, 2.45) is 0 Å². The Balaban J connectivity index is 1.61. The summed E-state index contributed by atoms with van der Waals surface area (Å²) in [7, 11) is -3.72. The van der Waals surface area contributed by atoms with Gasteiger partial charge in [-0.2, -0.15) is 4.37 Å². The van der Waals surface area contributed by atoms with Gasteiger partial charge in [-0.15, -0.1) is 0 Å². The largest absolute Gasteiger partial charge is 0.292 e. The Kier molecular flexibility index (Phi) is 5.70. The Bertz CT molecular complexity index is 1010. The van der Waals surface area contributed by atoms with E-state index in [-0.39, 0.29) is 5.13 Å². The van der Waals surface area contributed by atoms with Crippen LogP contribution < -0.4 is 4.72 Å². The number of likely N-dealkylation sites (tertiary alicyclic amines) is 1. The van der Waals surface area contributed by atoms with E-state index in [1.165, 1.54) is 18.3 Å². The lowest BCUT2D eigenvalue weighted by Gasteiger charge is -2.36. The minimum Gasteiger partial charge on any atom is -0.292 e. The average Bonchev–Trinajstić information content (AvgIpc) is 3.22. The second kappa shape index (κ2) is 8.38. The van der Waals surface area contributed by atoms with Gasteiger partial charge in [-0.1, -0.05) is 55.0 Å². The molecular formula is C20H22N4O2S2. The predicted molar refractivity (Wildman–Crippen MR) is 111 cm³/mol. The van der Waals surface area contributed by atoms with Crippen molar-refractivity contribution in [1.82, 2.24) is 14.3 Å². The van der Waals surface area contributed by atoms with Crippen LogP contribution in [0.2, 0.25) is 0 Å². The lowest BCUT2D eigenvalue weighted by Crippen LogP contribution is -2.33. The second-order valence-electron chi connectivity index (χ2n) is 6.85. The molecule has 1 fully saturated rings. The fourth-order valence-corrected chi connectivity index (χ4v) is 5.63. The van der Waals surface area contributed by atoms with Crippen molar-refractivity contribution in [3.05, 3.63) is 72.1 Å². The molecule has 2 aromatic carbocycles. The second-order valence-corrected chi connectivity index (χ2v) is 9.28. The van der Waals surface area contributed by atoms with Gasteiger partial charge in [0.1, 0.15) is 6.33 Å². The Morgan fingerprint density at radius 2 is 1.86 bits per heavy atom. The highest BCUT2D eigenvalue weighted by Crippen LogP contribution is 2.33. The molecule has 146 valence electrons. The number of benzene rings is 2. The third-order valence-electron chi connectivity index (χ3n) is 5.02. The van der Waals surface area contributed by atoms with Crippen LogP contribution in [0.3, 0.4) is 0 Å². The molecule has 4 rings (SSSR count). The van der Waals surface area contributed by atoms with Crippen LogP contribution in [-0.4, -0.2) is 29.2 Å². The van der Waals surface area contributed by atoms with E-state index in [9.17, 15) is 8.42 Å². The molecule has 0 bridgehead atoms. The number of aromatic nitrogens is 2. The first-order valence-corrected chi connectivity index (χ1v) is 11.6. The lowest BCUT2D eigenvalue weighted by atomic mass is 9.94. The molecule has 1 aliphatic heterocycles. The third-order valence-corrected chi connectivity index (χ3v) is 7.17. The molecule has 0 amide bonds. The number of hydrogen-bond donors (Lipinski definition) is 1. The Hall–Kier alpha value is -2.29. The molecule has 6 nitrogen and oxygen atoms in total. The lowest BCUT2D eigenvalue weighted by molar-refractivity contribution is 0.139. The molecule has 0 aliphatic carbocycles. The van der Waals surface area contributed by atoms with Gasteiger partial charge >= 0.3 is 0 Å². The first kappa shape index (κ1) is 19.0. The maximum absolute atomic E-state index is 12.9. The van der Waals surface area contributed by atoms with Crippen molar-refractivity contribution in [3.63, 3.8) is 0 Å². The highest BCUT2D eigenvalue weighted by atomic mass is 32.2. The molecule has 0 radical (unpaired) electrons. The van der Waals surface area contributed by atoms with Gasteiger partial charge < -0.3 is 0 Å². The minimum atomic E-state index is -3.72. The van der Waals surface area contributed by atoms with E-state index in [0.717, 1.165) is 36.5 Å². The molecule has 1 unspecified atom stereocenters. The van der Waals surface area contributed by atoms with E-state index in [0.29, 0.717) is 17.5 Å². The quantitative estimate of drug-likeness (QED) is 0.658. The van der Waals surface area contributed by atoms with Crippen LogP contribution in [0.25, 0.3) is 0 Å². The van der Waals surface area contributed by atoms with E-state index in [4.69, 9.17) is 0 Å². The van der Waals surface area contributed by atoms with Crippen molar-refractivity contribution in [2.45, 2.75) is 36.7 Å². The van der Waals surface area contributed by atoms with Gasteiger partial charge in [0.2, 0.25) is 5.13 Å². The zero-order valence-corrected chi connectivity index (χ0v) is 17.0. The topological polar surface area (TPSA) is 75.2 Å². The van der Waals surface area contributed by atoms with Gasteiger partial charge in [0, 0.05) is 24.1 Å². The number of hydrogen-bond acceptors (Lipinski definition) is 6. The minimum absolute atomic E-state index is 0.273. The molecule has 28 heavy (non-hydrogen) atoms. The Labute approximate surface area is 169 Å². The van der Waals surface area contributed by atoms with Crippen LogP contribution in [0.1, 0.15) is 36.4 Å². The average molecular weight is 415 g/mol. The van der Waals surface area contributed by atoms with Crippen molar-refractivity contribution in [3.8, 4) is 0 Å². The molecule has 1 saturated heterocycles. The van der Waals surface area contributed by atoms with Crippen LogP contribution >= 0.6 is 11.5 Å². The molecule has 1 aromatic heterocycles. The van der Waals surface area contributed by atoms with Crippen molar-refractivity contribution < 1.29 is 8.42 Å². The number of nitrogens with one attached hydrogen (secondary N) is 1. The van der Waals surface area contributed by atoms with Gasteiger partial charge in [-0.3, -0.25) is 9.62 Å². The monoisotopic (exact) mass is 414 g/mol. The molecule has 1 atom stereocenters. The standard InChI is InChI=1S/C20H22N4O2S2/c25-28(26,23-20-21-15-22-27-20)19-12-5-4-10-17(19)14-24-13-7-6-11-18(24)16-8-2-1-3-9-16/h1-5,8-10,12,15,18H,6-7,11,13-14H2,(H,21,22,23). The van der Waals surface area contributed by atoms with Crippen LogP contribution in [0.4, 0.5) is 5.13 Å². The first-order valence-electron chi connectivity index (χ1n) is 9.30. The summed E-state index contributed by atoms with van der Waals surface area (Å²) < 4.78 is 32.2. The van der Waals surface area contributed by atoms with Crippen molar-refractivity contribution >= 4 is 26.7 Å².